The Balaban J connectivity index is 2.27. The van der Waals surface area contributed by atoms with Crippen LogP contribution in [-0.4, -0.2) is 11.9 Å². The molecule has 2 aliphatic rings. The van der Waals surface area contributed by atoms with E-state index in [0.717, 1.165) is 18.4 Å². The second kappa shape index (κ2) is 2.39. The minimum absolute atomic E-state index is 0.123. The summed E-state index contributed by atoms with van der Waals surface area (Å²) >= 11 is 11.2. The van der Waals surface area contributed by atoms with Crippen LogP contribution in [0.15, 0.2) is 10.1 Å². The lowest BCUT2D eigenvalue weighted by atomic mass is 10.1. The molecule has 0 radical (unpaired) electrons. The summed E-state index contributed by atoms with van der Waals surface area (Å²) in [7, 11) is 0. The average Bonchev–Trinajstić information content (AvgIpc) is 2.43. The summed E-state index contributed by atoms with van der Waals surface area (Å²) in [6.07, 6.45) is 1.62. The Morgan fingerprint density at radius 2 is 2.27 bits per heavy atom. The molecule has 2 fully saturated rings. The van der Waals surface area contributed by atoms with E-state index in [1.165, 1.54) is 0 Å². The maximum absolute atomic E-state index is 11.0. The van der Waals surface area contributed by atoms with Crippen LogP contribution in [0.1, 0.15) is 12.8 Å². The van der Waals surface area contributed by atoms with Gasteiger partial charge in [0.15, 0.2) is 0 Å². The number of piperidine rings is 1. The molecule has 2 nitrogen and oxygen atoms in total. The van der Waals surface area contributed by atoms with Crippen LogP contribution in [0.2, 0.25) is 0 Å². The molecule has 4 heteroatoms. The van der Waals surface area contributed by atoms with Crippen LogP contribution in [0.5, 0.6) is 0 Å². The monoisotopic (exact) mass is 191 g/mol. The molecule has 0 spiro atoms. The highest BCUT2D eigenvalue weighted by molar-refractivity contribution is 6.56. The Hall–Kier alpha value is -0.210. The Bertz CT molecular complexity index is 245. The van der Waals surface area contributed by atoms with Crippen molar-refractivity contribution in [1.82, 2.24) is 5.32 Å². The fourth-order valence-electron chi connectivity index (χ4n) is 1.76. The van der Waals surface area contributed by atoms with Crippen molar-refractivity contribution in [3.8, 4) is 0 Å². The van der Waals surface area contributed by atoms with Gasteiger partial charge in [-0.2, -0.15) is 0 Å². The number of halogens is 2. The van der Waals surface area contributed by atoms with Crippen LogP contribution >= 0.6 is 23.2 Å². The largest absolute Gasteiger partial charge is 0.349 e. The van der Waals surface area contributed by atoms with E-state index in [1.807, 2.05) is 0 Å². The van der Waals surface area contributed by atoms with Crippen molar-refractivity contribution in [2.45, 2.75) is 18.9 Å². The summed E-state index contributed by atoms with van der Waals surface area (Å²) in [6.45, 7) is 0. The molecule has 1 aliphatic heterocycles. The van der Waals surface area contributed by atoms with Crippen molar-refractivity contribution in [3.05, 3.63) is 10.1 Å². The molecule has 2 rings (SSSR count). The zero-order valence-electron chi connectivity index (χ0n) is 5.73. The van der Waals surface area contributed by atoms with Crippen molar-refractivity contribution in [2.75, 3.05) is 0 Å². The molecule has 0 aromatic carbocycles. The molecular formula is C7H7Cl2NO. The molecule has 1 N–H and O–H groups in total. The Kier molecular flexibility index (Phi) is 1.62. The van der Waals surface area contributed by atoms with E-state index in [-0.39, 0.29) is 17.9 Å². The second-order valence-corrected chi connectivity index (χ2v) is 3.93. The number of amides is 1. The molecule has 1 amide bonds. The maximum atomic E-state index is 11.0. The molecule has 1 heterocycles. The van der Waals surface area contributed by atoms with Gasteiger partial charge < -0.3 is 5.32 Å². The van der Waals surface area contributed by atoms with E-state index < -0.39 is 0 Å². The highest BCUT2D eigenvalue weighted by Gasteiger charge is 2.42. The number of nitrogens with one attached hydrogen (secondary N) is 1. The first-order valence-corrected chi connectivity index (χ1v) is 4.28. The highest BCUT2D eigenvalue weighted by atomic mass is 35.5. The van der Waals surface area contributed by atoms with Crippen molar-refractivity contribution in [1.29, 1.82) is 0 Å². The quantitative estimate of drug-likeness (QED) is 0.620. The maximum Gasteiger partial charge on any atom is 0.223 e. The van der Waals surface area contributed by atoms with E-state index in [1.54, 1.807) is 0 Å². The normalized spacial score (nSPS) is 34.4. The average molecular weight is 192 g/mol. The zero-order chi connectivity index (χ0) is 8.01. The van der Waals surface area contributed by atoms with Gasteiger partial charge >= 0.3 is 0 Å². The predicted molar refractivity (Wildman–Crippen MR) is 43.4 cm³/mol. The molecule has 0 aromatic heterocycles. The summed E-state index contributed by atoms with van der Waals surface area (Å²) < 4.78 is 0.331. The molecule has 1 saturated heterocycles. The van der Waals surface area contributed by atoms with E-state index in [0.29, 0.717) is 4.49 Å². The lowest BCUT2D eigenvalue weighted by Gasteiger charge is -2.14. The third kappa shape index (κ3) is 1.05. The standard InChI is InChI=1S/C7H7Cl2NO/c8-6(9)4-1-3-2-5(4)10-7(3)11/h3,5H,1-2H2,(H,10,11). The van der Waals surface area contributed by atoms with E-state index in [4.69, 9.17) is 23.2 Å². The predicted octanol–water partition coefficient (Wildman–Crippen LogP) is 1.58. The van der Waals surface area contributed by atoms with Crippen molar-refractivity contribution < 1.29 is 4.79 Å². The molecule has 11 heavy (non-hydrogen) atoms. The Labute approximate surface area is 74.5 Å². The smallest absolute Gasteiger partial charge is 0.223 e. The molecule has 60 valence electrons. The lowest BCUT2D eigenvalue weighted by molar-refractivity contribution is -0.123. The van der Waals surface area contributed by atoms with Crippen molar-refractivity contribution in [3.63, 3.8) is 0 Å². The minimum atomic E-state index is 0.123. The molecule has 1 aliphatic carbocycles. The molecule has 1 saturated carbocycles. The summed E-state index contributed by atoms with van der Waals surface area (Å²) in [5, 5.41) is 2.82. The van der Waals surface area contributed by atoms with Gasteiger partial charge in [0.1, 0.15) is 4.49 Å². The first kappa shape index (κ1) is 7.44. The zero-order valence-corrected chi connectivity index (χ0v) is 7.24. The van der Waals surface area contributed by atoms with Gasteiger partial charge in [-0.1, -0.05) is 23.2 Å². The number of rotatable bonds is 0. The fraction of sp³-hybridized carbons (Fsp3) is 0.571. The number of hydrogen-bond donors (Lipinski definition) is 1. The lowest BCUT2D eigenvalue weighted by Crippen LogP contribution is -2.32. The van der Waals surface area contributed by atoms with E-state index >= 15 is 0 Å². The Morgan fingerprint density at radius 3 is 2.64 bits per heavy atom. The number of fused-ring (bicyclic) bond motifs is 2. The van der Waals surface area contributed by atoms with Gasteiger partial charge in [0.2, 0.25) is 5.91 Å². The fourth-order valence-corrected chi connectivity index (χ4v) is 2.18. The van der Waals surface area contributed by atoms with Crippen LogP contribution in [0.4, 0.5) is 0 Å². The van der Waals surface area contributed by atoms with Crippen molar-refractivity contribution >= 4 is 29.1 Å². The van der Waals surface area contributed by atoms with Crippen LogP contribution < -0.4 is 5.32 Å². The number of hydrogen-bond acceptors (Lipinski definition) is 1. The number of carbonyl (C=O) groups is 1. The molecule has 2 unspecified atom stereocenters. The summed E-state index contributed by atoms with van der Waals surface area (Å²) in [4.78, 5) is 11.0. The SMILES string of the molecule is O=C1NC2CC1CC2=C(Cl)Cl. The third-order valence-corrected chi connectivity index (χ3v) is 2.82. The first-order valence-electron chi connectivity index (χ1n) is 3.53. The van der Waals surface area contributed by atoms with E-state index in [2.05, 4.69) is 5.32 Å². The minimum Gasteiger partial charge on any atom is -0.349 e. The van der Waals surface area contributed by atoms with Crippen LogP contribution in [0, 0.1) is 5.92 Å². The highest BCUT2D eigenvalue weighted by Crippen LogP contribution is 2.39. The number of carbonyl (C=O) groups excluding carboxylic acids is 1. The van der Waals surface area contributed by atoms with Gasteiger partial charge in [-0.15, -0.1) is 0 Å². The molecular weight excluding hydrogens is 185 g/mol. The second-order valence-electron chi connectivity index (χ2n) is 2.98. The van der Waals surface area contributed by atoms with Crippen LogP contribution in [-0.2, 0) is 4.79 Å². The van der Waals surface area contributed by atoms with Gasteiger partial charge in [-0.3, -0.25) is 4.79 Å². The van der Waals surface area contributed by atoms with Gasteiger partial charge in [-0.25, -0.2) is 0 Å². The first-order chi connectivity index (χ1) is 5.18. The van der Waals surface area contributed by atoms with Crippen LogP contribution in [0.3, 0.4) is 0 Å². The van der Waals surface area contributed by atoms with Crippen molar-refractivity contribution in [2.24, 2.45) is 5.92 Å². The molecule has 0 aromatic rings. The topological polar surface area (TPSA) is 29.1 Å². The summed E-state index contributed by atoms with van der Waals surface area (Å²) in [5.41, 5.74) is 0.998. The van der Waals surface area contributed by atoms with E-state index in [9.17, 15) is 4.79 Å². The third-order valence-electron chi connectivity index (χ3n) is 2.34. The van der Waals surface area contributed by atoms with Gasteiger partial charge in [0, 0.05) is 5.92 Å². The molecule has 2 atom stereocenters. The van der Waals surface area contributed by atoms with Gasteiger partial charge in [-0.05, 0) is 18.4 Å². The summed E-state index contributed by atoms with van der Waals surface area (Å²) in [6, 6.07) is 0.123. The Morgan fingerprint density at radius 1 is 1.55 bits per heavy atom. The van der Waals surface area contributed by atoms with Gasteiger partial charge in [0.05, 0.1) is 6.04 Å². The summed E-state index contributed by atoms with van der Waals surface area (Å²) in [5.74, 6) is 0.274. The van der Waals surface area contributed by atoms with Crippen LogP contribution in [0.25, 0.3) is 0 Å². The molecule has 2 bridgehead atoms. The van der Waals surface area contributed by atoms with Gasteiger partial charge in [0.25, 0.3) is 0 Å².